The summed E-state index contributed by atoms with van der Waals surface area (Å²) in [6, 6.07) is 5.53. The first kappa shape index (κ1) is 13.4. The van der Waals surface area contributed by atoms with Gasteiger partial charge < -0.3 is 9.84 Å². The molecule has 1 atom stereocenters. The number of hydrogen-bond acceptors (Lipinski definition) is 2. The van der Waals surface area contributed by atoms with Crippen LogP contribution in [0, 0.1) is 6.92 Å². The quantitative estimate of drug-likeness (QED) is 0.894. The molecule has 1 N–H and O–H groups in total. The predicted octanol–water partition coefficient (Wildman–Crippen LogP) is 3.75. The van der Waals surface area contributed by atoms with Crippen molar-refractivity contribution in [2.45, 2.75) is 20.0 Å². The summed E-state index contributed by atoms with van der Waals surface area (Å²) in [5, 5.41) is 9.85. The van der Waals surface area contributed by atoms with Gasteiger partial charge in [-0.1, -0.05) is 29.3 Å². The molecule has 1 aromatic rings. The van der Waals surface area contributed by atoms with Gasteiger partial charge in [-0.3, -0.25) is 0 Å². The van der Waals surface area contributed by atoms with Crippen LogP contribution in [0.15, 0.2) is 28.8 Å². The predicted molar refractivity (Wildman–Crippen MR) is 67.1 cm³/mol. The van der Waals surface area contributed by atoms with Crippen molar-refractivity contribution in [2.24, 2.45) is 0 Å². The standard InChI is InChI=1S/C12H14Cl2O2/c1-8-5-10(9(2)15)3-4-12(8)16-7-11(14)6-13/h3-6,9,15H,7H2,1-2H3/b11-6-/t9-/m1/s1. The number of halogens is 2. The van der Waals surface area contributed by atoms with Gasteiger partial charge in [0.15, 0.2) is 0 Å². The van der Waals surface area contributed by atoms with E-state index < -0.39 is 6.10 Å². The minimum atomic E-state index is -0.473. The summed E-state index contributed by atoms with van der Waals surface area (Å²) in [6.45, 7) is 3.89. The average molecular weight is 261 g/mol. The molecule has 4 heteroatoms. The lowest BCUT2D eigenvalue weighted by atomic mass is 10.1. The Balaban J connectivity index is 2.75. The van der Waals surface area contributed by atoms with Gasteiger partial charge in [0.25, 0.3) is 0 Å². The van der Waals surface area contributed by atoms with Crippen LogP contribution in [0.3, 0.4) is 0 Å². The minimum absolute atomic E-state index is 0.250. The van der Waals surface area contributed by atoms with Crippen LogP contribution in [0.25, 0.3) is 0 Å². The maximum absolute atomic E-state index is 9.41. The van der Waals surface area contributed by atoms with E-state index in [1.54, 1.807) is 6.92 Å². The largest absolute Gasteiger partial charge is 0.488 e. The van der Waals surface area contributed by atoms with Gasteiger partial charge in [-0.2, -0.15) is 0 Å². The smallest absolute Gasteiger partial charge is 0.125 e. The third-order valence-electron chi connectivity index (χ3n) is 2.17. The van der Waals surface area contributed by atoms with Gasteiger partial charge in [-0.25, -0.2) is 0 Å². The molecule has 0 bridgehead atoms. The lowest BCUT2D eigenvalue weighted by molar-refractivity contribution is 0.199. The van der Waals surface area contributed by atoms with E-state index in [4.69, 9.17) is 27.9 Å². The highest BCUT2D eigenvalue weighted by Crippen LogP contribution is 2.23. The number of hydrogen-bond donors (Lipinski definition) is 1. The number of benzene rings is 1. The van der Waals surface area contributed by atoms with Crippen molar-refractivity contribution in [1.82, 2.24) is 0 Å². The van der Waals surface area contributed by atoms with Crippen LogP contribution in [0.2, 0.25) is 0 Å². The summed E-state index contributed by atoms with van der Waals surface area (Å²) < 4.78 is 5.46. The van der Waals surface area contributed by atoms with Crippen LogP contribution in [-0.4, -0.2) is 11.7 Å². The monoisotopic (exact) mass is 260 g/mol. The summed E-state index contributed by atoms with van der Waals surface area (Å²) >= 11 is 11.1. The van der Waals surface area contributed by atoms with Gasteiger partial charge in [-0.15, -0.1) is 0 Å². The fraction of sp³-hybridized carbons (Fsp3) is 0.333. The van der Waals surface area contributed by atoms with Gasteiger partial charge >= 0.3 is 0 Å². The minimum Gasteiger partial charge on any atom is -0.488 e. The first-order valence-corrected chi connectivity index (χ1v) is 5.72. The summed E-state index contributed by atoms with van der Waals surface area (Å²) in [5.74, 6) is 0.737. The van der Waals surface area contributed by atoms with Crippen LogP contribution in [0.1, 0.15) is 24.2 Å². The molecule has 1 rings (SSSR count). The van der Waals surface area contributed by atoms with Crippen LogP contribution in [-0.2, 0) is 0 Å². The van der Waals surface area contributed by atoms with E-state index in [-0.39, 0.29) is 6.61 Å². The van der Waals surface area contributed by atoms with Crippen molar-refractivity contribution in [1.29, 1.82) is 0 Å². The zero-order chi connectivity index (χ0) is 12.1. The number of aryl methyl sites for hydroxylation is 1. The molecule has 2 nitrogen and oxygen atoms in total. The van der Waals surface area contributed by atoms with Crippen molar-refractivity contribution in [3.8, 4) is 5.75 Å². The molecule has 0 aromatic heterocycles. The molecule has 0 aliphatic heterocycles. The zero-order valence-corrected chi connectivity index (χ0v) is 10.7. The number of aliphatic hydroxyl groups is 1. The Labute approximate surface area is 105 Å². The van der Waals surface area contributed by atoms with E-state index in [0.29, 0.717) is 5.03 Å². The van der Waals surface area contributed by atoms with E-state index >= 15 is 0 Å². The highest BCUT2D eigenvalue weighted by molar-refractivity contribution is 6.36. The topological polar surface area (TPSA) is 29.5 Å². The molecule has 16 heavy (non-hydrogen) atoms. The second-order valence-electron chi connectivity index (χ2n) is 3.55. The molecule has 0 heterocycles. The summed E-state index contributed by atoms with van der Waals surface area (Å²) in [4.78, 5) is 0. The average Bonchev–Trinajstić information content (AvgIpc) is 2.26. The third kappa shape index (κ3) is 3.71. The highest BCUT2D eigenvalue weighted by Gasteiger charge is 2.05. The lowest BCUT2D eigenvalue weighted by Crippen LogP contribution is -2.00. The van der Waals surface area contributed by atoms with E-state index in [0.717, 1.165) is 16.9 Å². The van der Waals surface area contributed by atoms with Crippen molar-refractivity contribution in [3.63, 3.8) is 0 Å². The SMILES string of the molecule is Cc1cc([C@@H](C)O)ccc1OC/C(Cl)=C/Cl. The highest BCUT2D eigenvalue weighted by atomic mass is 35.5. The molecule has 0 saturated heterocycles. The molecule has 0 saturated carbocycles. The van der Waals surface area contributed by atoms with Gasteiger partial charge in [0.1, 0.15) is 12.4 Å². The zero-order valence-electron chi connectivity index (χ0n) is 9.21. The fourth-order valence-corrected chi connectivity index (χ4v) is 1.39. The Hall–Kier alpha value is -0.700. The van der Waals surface area contributed by atoms with Gasteiger partial charge in [0.05, 0.1) is 11.1 Å². The summed E-state index contributed by atoms with van der Waals surface area (Å²) in [6.07, 6.45) is -0.473. The molecule has 0 unspecified atom stereocenters. The van der Waals surface area contributed by atoms with Crippen LogP contribution in [0.4, 0.5) is 0 Å². The Kier molecular flexibility index (Phi) is 5.13. The van der Waals surface area contributed by atoms with Gasteiger partial charge in [0, 0.05) is 5.54 Å². The molecule has 1 aromatic carbocycles. The normalized spacial score (nSPS) is 13.7. The van der Waals surface area contributed by atoms with E-state index in [1.807, 2.05) is 25.1 Å². The molecule has 0 aliphatic carbocycles. The number of aliphatic hydroxyl groups excluding tert-OH is 1. The molecular formula is C12H14Cl2O2. The first-order chi connectivity index (χ1) is 7.54. The van der Waals surface area contributed by atoms with Crippen LogP contribution < -0.4 is 4.74 Å². The van der Waals surface area contributed by atoms with Crippen LogP contribution in [0.5, 0.6) is 5.75 Å². The Bertz CT molecular complexity index is 387. The molecule has 0 spiro atoms. The molecule has 0 amide bonds. The Morgan fingerprint density at radius 2 is 2.25 bits per heavy atom. The number of ether oxygens (including phenoxy) is 1. The molecule has 0 fully saturated rings. The van der Waals surface area contributed by atoms with Gasteiger partial charge in [0.2, 0.25) is 0 Å². The number of rotatable bonds is 4. The second kappa shape index (κ2) is 6.14. The maximum atomic E-state index is 9.41. The van der Waals surface area contributed by atoms with Crippen molar-refractivity contribution in [2.75, 3.05) is 6.61 Å². The van der Waals surface area contributed by atoms with Gasteiger partial charge in [-0.05, 0) is 37.1 Å². The van der Waals surface area contributed by atoms with Crippen molar-refractivity contribution < 1.29 is 9.84 Å². The molecular weight excluding hydrogens is 247 g/mol. The fourth-order valence-electron chi connectivity index (χ4n) is 1.27. The summed E-state index contributed by atoms with van der Waals surface area (Å²) in [7, 11) is 0. The first-order valence-electron chi connectivity index (χ1n) is 4.90. The van der Waals surface area contributed by atoms with E-state index in [2.05, 4.69) is 0 Å². The second-order valence-corrected chi connectivity index (χ2v) is 4.25. The van der Waals surface area contributed by atoms with Crippen molar-refractivity contribution >= 4 is 23.2 Å². The van der Waals surface area contributed by atoms with E-state index in [9.17, 15) is 5.11 Å². The lowest BCUT2D eigenvalue weighted by Gasteiger charge is -2.11. The van der Waals surface area contributed by atoms with E-state index in [1.165, 1.54) is 5.54 Å². The maximum Gasteiger partial charge on any atom is 0.125 e. The Morgan fingerprint density at radius 3 is 2.75 bits per heavy atom. The summed E-state index contributed by atoms with van der Waals surface area (Å²) in [5.41, 5.74) is 3.10. The van der Waals surface area contributed by atoms with Crippen molar-refractivity contribution in [3.05, 3.63) is 39.9 Å². The third-order valence-corrected chi connectivity index (χ3v) is 2.76. The molecule has 88 valence electrons. The molecule has 0 radical (unpaired) electrons. The molecule has 0 aliphatic rings. The Morgan fingerprint density at radius 1 is 1.56 bits per heavy atom. The van der Waals surface area contributed by atoms with Crippen LogP contribution >= 0.6 is 23.2 Å².